The lowest BCUT2D eigenvalue weighted by Crippen LogP contribution is -2.17. The maximum absolute atomic E-state index is 12.7. The summed E-state index contributed by atoms with van der Waals surface area (Å²) in [6, 6.07) is 16.1. The number of nitrogens with zero attached hydrogens (tertiary/aromatic N) is 2. The molecular weight excluding hydrogens is 324 g/mol. The van der Waals surface area contributed by atoms with Crippen molar-refractivity contribution in [3.63, 3.8) is 0 Å². The molecule has 1 aromatic heterocycles. The van der Waals surface area contributed by atoms with Crippen molar-refractivity contribution < 1.29 is 8.42 Å². The fourth-order valence-corrected chi connectivity index (χ4v) is 3.40. The Balaban J connectivity index is 2.26. The molecule has 0 fully saturated rings. The van der Waals surface area contributed by atoms with Crippen molar-refractivity contribution in [3.05, 3.63) is 65.0 Å². The Kier molecular flexibility index (Phi) is 3.93. The lowest BCUT2D eigenvalue weighted by Gasteiger charge is -2.09. The number of hydrogen-bond acceptors (Lipinski definition) is 3. The SMILES string of the molecule is Cn1c(-c2ccc(S(C)(=O)=O)cc2)c(-c2ccccc2)c(=O)n1C. The van der Waals surface area contributed by atoms with Crippen LogP contribution in [0.1, 0.15) is 0 Å². The van der Waals surface area contributed by atoms with E-state index in [1.54, 1.807) is 40.7 Å². The molecular formula is C18H18N2O3S. The minimum Gasteiger partial charge on any atom is -0.285 e. The molecule has 0 N–H and O–H groups in total. The van der Waals surface area contributed by atoms with Crippen LogP contribution in [0.3, 0.4) is 0 Å². The normalized spacial score (nSPS) is 11.6. The zero-order valence-electron chi connectivity index (χ0n) is 13.7. The van der Waals surface area contributed by atoms with Crippen molar-refractivity contribution in [1.82, 2.24) is 9.36 Å². The average molecular weight is 342 g/mol. The fourth-order valence-electron chi connectivity index (χ4n) is 2.77. The third-order valence-corrected chi connectivity index (χ3v) is 5.27. The summed E-state index contributed by atoms with van der Waals surface area (Å²) in [5.74, 6) is 0. The van der Waals surface area contributed by atoms with Crippen molar-refractivity contribution in [2.45, 2.75) is 4.90 Å². The Morgan fingerprint density at radius 2 is 1.38 bits per heavy atom. The Morgan fingerprint density at radius 1 is 0.792 bits per heavy atom. The molecule has 0 spiro atoms. The minimum atomic E-state index is -3.25. The highest BCUT2D eigenvalue weighted by Crippen LogP contribution is 2.30. The molecule has 2 aromatic carbocycles. The van der Waals surface area contributed by atoms with E-state index in [9.17, 15) is 13.2 Å². The maximum atomic E-state index is 12.7. The summed E-state index contributed by atoms with van der Waals surface area (Å²) in [4.78, 5) is 12.9. The molecule has 0 saturated carbocycles. The summed E-state index contributed by atoms with van der Waals surface area (Å²) in [5.41, 5.74) is 2.90. The molecule has 24 heavy (non-hydrogen) atoms. The van der Waals surface area contributed by atoms with Crippen LogP contribution in [0, 0.1) is 0 Å². The first-order valence-electron chi connectivity index (χ1n) is 7.42. The molecule has 0 unspecified atom stereocenters. The molecule has 0 atom stereocenters. The van der Waals surface area contributed by atoms with Gasteiger partial charge in [0, 0.05) is 25.9 Å². The highest BCUT2D eigenvalue weighted by Gasteiger charge is 2.19. The van der Waals surface area contributed by atoms with Crippen molar-refractivity contribution >= 4 is 9.84 Å². The van der Waals surface area contributed by atoms with Gasteiger partial charge in [0.15, 0.2) is 9.84 Å². The number of benzene rings is 2. The zero-order valence-corrected chi connectivity index (χ0v) is 14.5. The molecule has 0 aliphatic carbocycles. The monoisotopic (exact) mass is 342 g/mol. The number of sulfone groups is 1. The summed E-state index contributed by atoms with van der Waals surface area (Å²) in [5, 5.41) is 0. The van der Waals surface area contributed by atoms with E-state index in [0.717, 1.165) is 16.8 Å². The van der Waals surface area contributed by atoms with Gasteiger partial charge in [0.2, 0.25) is 0 Å². The topological polar surface area (TPSA) is 61.1 Å². The van der Waals surface area contributed by atoms with Crippen LogP contribution < -0.4 is 5.56 Å². The summed E-state index contributed by atoms with van der Waals surface area (Å²) in [7, 11) is 0.274. The molecule has 3 aromatic rings. The Labute approximate surface area is 140 Å². The Hall–Kier alpha value is -2.60. The van der Waals surface area contributed by atoms with Gasteiger partial charge in [0.25, 0.3) is 5.56 Å². The van der Waals surface area contributed by atoms with Gasteiger partial charge in [0.05, 0.1) is 16.2 Å². The molecule has 0 bridgehead atoms. The van der Waals surface area contributed by atoms with Crippen LogP contribution in [0.5, 0.6) is 0 Å². The number of rotatable bonds is 3. The van der Waals surface area contributed by atoms with Crippen LogP contribution in [0.25, 0.3) is 22.4 Å². The van der Waals surface area contributed by atoms with E-state index in [1.807, 2.05) is 37.4 Å². The second-order valence-electron chi connectivity index (χ2n) is 5.74. The molecule has 6 heteroatoms. The third-order valence-electron chi connectivity index (χ3n) is 4.14. The summed E-state index contributed by atoms with van der Waals surface area (Å²) in [6.45, 7) is 0. The molecule has 0 aliphatic rings. The van der Waals surface area contributed by atoms with E-state index in [0.29, 0.717) is 5.56 Å². The smallest absolute Gasteiger partial charge is 0.274 e. The first kappa shape index (κ1) is 16.3. The quantitative estimate of drug-likeness (QED) is 0.734. The summed E-state index contributed by atoms with van der Waals surface area (Å²) < 4.78 is 26.6. The third kappa shape index (κ3) is 2.69. The first-order chi connectivity index (χ1) is 11.3. The number of hydrogen-bond donors (Lipinski definition) is 0. The van der Waals surface area contributed by atoms with E-state index in [2.05, 4.69) is 0 Å². The van der Waals surface area contributed by atoms with Crippen LogP contribution in [-0.2, 0) is 23.9 Å². The van der Waals surface area contributed by atoms with Crippen LogP contribution in [0.15, 0.2) is 64.3 Å². The minimum absolute atomic E-state index is 0.0918. The van der Waals surface area contributed by atoms with Crippen LogP contribution in [0.4, 0.5) is 0 Å². The maximum Gasteiger partial charge on any atom is 0.274 e. The fraction of sp³-hybridized carbons (Fsp3) is 0.167. The van der Waals surface area contributed by atoms with Gasteiger partial charge in [-0.05, 0) is 17.7 Å². The van der Waals surface area contributed by atoms with Crippen LogP contribution >= 0.6 is 0 Å². The highest BCUT2D eigenvalue weighted by atomic mass is 32.2. The second-order valence-corrected chi connectivity index (χ2v) is 7.75. The zero-order chi connectivity index (χ0) is 17.5. The molecule has 1 heterocycles. The second kappa shape index (κ2) is 5.79. The van der Waals surface area contributed by atoms with Gasteiger partial charge in [0.1, 0.15) is 0 Å². The van der Waals surface area contributed by atoms with Gasteiger partial charge in [-0.3, -0.25) is 14.2 Å². The largest absolute Gasteiger partial charge is 0.285 e. The summed E-state index contributed by atoms with van der Waals surface area (Å²) >= 11 is 0. The van der Waals surface area contributed by atoms with Crippen LogP contribution in [-0.4, -0.2) is 24.0 Å². The predicted octanol–water partition coefficient (Wildman–Crippen LogP) is 2.46. The van der Waals surface area contributed by atoms with E-state index >= 15 is 0 Å². The van der Waals surface area contributed by atoms with Crippen molar-refractivity contribution in [3.8, 4) is 22.4 Å². The Morgan fingerprint density at radius 3 is 1.92 bits per heavy atom. The van der Waals surface area contributed by atoms with Gasteiger partial charge in [-0.25, -0.2) is 8.42 Å². The van der Waals surface area contributed by atoms with Crippen molar-refractivity contribution in [2.75, 3.05) is 6.26 Å². The first-order valence-corrected chi connectivity index (χ1v) is 9.31. The van der Waals surface area contributed by atoms with E-state index in [1.165, 1.54) is 6.26 Å². The lowest BCUT2D eigenvalue weighted by atomic mass is 10.0. The lowest BCUT2D eigenvalue weighted by molar-refractivity contribution is 0.584. The van der Waals surface area contributed by atoms with Gasteiger partial charge in [-0.15, -0.1) is 0 Å². The van der Waals surface area contributed by atoms with Gasteiger partial charge in [-0.2, -0.15) is 0 Å². The Bertz CT molecular complexity index is 1040. The average Bonchev–Trinajstić information content (AvgIpc) is 2.79. The highest BCUT2D eigenvalue weighted by molar-refractivity contribution is 7.90. The van der Waals surface area contributed by atoms with Gasteiger partial charge in [-0.1, -0.05) is 42.5 Å². The molecule has 0 aliphatic heterocycles. The standard InChI is InChI=1S/C18H18N2O3S/c1-19-17(14-9-11-15(12-10-14)24(3,22)23)16(18(21)20(19)2)13-7-5-4-6-8-13/h4-12H,1-3H3. The van der Waals surface area contributed by atoms with Crippen molar-refractivity contribution in [1.29, 1.82) is 0 Å². The molecule has 0 saturated heterocycles. The van der Waals surface area contributed by atoms with Gasteiger partial charge >= 0.3 is 0 Å². The van der Waals surface area contributed by atoms with Crippen molar-refractivity contribution in [2.24, 2.45) is 14.1 Å². The predicted molar refractivity (Wildman–Crippen MR) is 94.6 cm³/mol. The number of aromatic nitrogens is 2. The molecule has 0 amide bonds. The molecule has 5 nitrogen and oxygen atoms in total. The van der Waals surface area contributed by atoms with Gasteiger partial charge < -0.3 is 0 Å². The van der Waals surface area contributed by atoms with E-state index in [-0.39, 0.29) is 10.5 Å². The molecule has 3 rings (SSSR count). The van der Waals surface area contributed by atoms with E-state index < -0.39 is 9.84 Å². The van der Waals surface area contributed by atoms with Crippen LogP contribution in [0.2, 0.25) is 0 Å². The summed E-state index contributed by atoms with van der Waals surface area (Å²) in [6.07, 6.45) is 1.18. The van der Waals surface area contributed by atoms with E-state index in [4.69, 9.17) is 0 Å². The molecule has 0 radical (unpaired) electrons. The molecule has 124 valence electrons.